The minimum absolute atomic E-state index is 0.0850. The average molecular weight is 830 g/mol. The molecule has 8 aromatic rings. The number of hydrogen-bond acceptors (Lipinski definition) is 3. The van der Waals surface area contributed by atoms with Crippen LogP contribution in [-0.2, 0) is 21.7 Å². The highest BCUT2D eigenvalue weighted by Crippen LogP contribution is 2.46. The molecule has 0 radical (unpaired) electrons. The van der Waals surface area contributed by atoms with Gasteiger partial charge in [-0.3, -0.25) is 9.55 Å². The molecule has 0 spiro atoms. The van der Waals surface area contributed by atoms with E-state index in [1.165, 1.54) is 22.3 Å². The van der Waals surface area contributed by atoms with Gasteiger partial charge in [0, 0.05) is 28.5 Å². The van der Waals surface area contributed by atoms with Crippen LogP contribution < -0.4 is 0 Å². The predicted octanol–water partition coefficient (Wildman–Crippen LogP) is 16.0. The fraction of sp³-hybridized carbons (Fsp3) is 0.288. The molecule has 0 aliphatic heterocycles. The summed E-state index contributed by atoms with van der Waals surface area (Å²) in [7, 11) is 0. The van der Waals surface area contributed by atoms with Crippen molar-refractivity contribution < 1.29 is 5.11 Å². The minimum Gasteiger partial charge on any atom is -0.507 e. The van der Waals surface area contributed by atoms with E-state index in [2.05, 4.69) is 228 Å². The Hall–Kier alpha value is -6.26. The van der Waals surface area contributed by atoms with Crippen molar-refractivity contribution in [3.05, 3.63) is 167 Å². The second-order valence-corrected chi connectivity index (χ2v) is 21.6. The van der Waals surface area contributed by atoms with Gasteiger partial charge in [0.15, 0.2) is 0 Å². The maximum atomic E-state index is 12.5. The molecule has 0 atom stereocenters. The molecule has 0 fully saturated rings. The zero-order chi connectivity index (χ0) is 45.2. The molecular formula is C59H63N3O. The quantitative estimate of drug-likeness (QED) is 0.182. The molecule has 1 N–H and O–H groups in total. The van der Waals surface area contributed by atoms with Crippen LogP contribution in [0.5, 0.6) is 5.75 Å². The summed E-state index contributed by atoms with van der Waals surface area (Å²) in [6.07, 6.45) is 1.93. The molecule has 4 nitrogen and oxygen atoms in total. The second-order valence-electron chi connectivity index (χ2n) is 21.6. The molecular weight excluding hydrogens is 767 g/mol. The van der Waals surface area contributed by atoms with Gasteiger partial charge in [0.1, 0.15) is 11.6 Å². The van der Waals surface area contributed by atoms with Crippen molar-refractivity contribution in [3.8, 4) is 67.5 Å². The fourth-order valence-corrected chi connectivity index (χ4v) is 8.55. The van der Waals surface area contributed by atoms with Crippen LogP contribution in [0, 0.1) is 6.92 Å². The minimum atomic E-state index is -0.313. The van der Waals surface area contributed by atoms with E-state index in [4.69, 9.17) is 9.97 Å². The van der Waals surface area contributed by atoms with Crippen molar-refractivity contribution >= 4 is 11.0 Å². The molecule has 320 valence electrons. The van der Waals surface area contributed by atoms with Crippen molar-refractivity contribution in [1.29, 1.82) is 0 Å². The molecule has 2 aromatic heterocycles. The molecule has 0 amide bonds. The van der Waals surface area contributed by atoms with Crippen molar-refractivity contribution in [2.75, 3.05) is 0 Å². The highest BCUT2D eigenvalue weighted by Gasteiger charge is 2.29. The lowest BCUT2D eigenvalue weighted by atomic mass is 9.79. The molecule has 0 aliphatic rings. The zero-order valence-electron chi connectivity index (χ0n) is 39.6. The van der Waals surface area contributed by atoms with Crippen molar-refractivity contribution in [1.82, 2.24) is 14.5 Å². The number of pyridine rings is 1. The highest BCUT2D eigenvalue weighted by molar-refractivity contribution is 5.98. The molecule has 0 unspecified atom stereocenters. The Kier molecular flexibility index (Phi) is 10.9. The van der Waals surface area contributed by atoms with Crippen molar-refractivity contribution in [3.63, 3.8) is 0 Å². The Morgan fingerprint density at radius 2 is 1.11 bits per heavy atom. The number of rotatable bonds is 6. The molecule has 2 heterocycles. The third-order valence-electron chi connectivity index (χ3n) is 12.4. The second kappa shape index (κ2) is 15.8. The van der Waals surface area contributed by atoms with Gasteiger partial charge < -0.3 is 5.11 Å². The van der Waals surface area contributed by atoms with Gasteiger partial charge in [-0.05, 0) is 116 Å². The van der Waals surface area contributed by atoms with Crippen LogP contribution in [0.3, 0.4) is 0 Å². The van der Waals surface area contributed by atoms with E-state index in [9.17, 15) is 5.11 Å². The van der Waals surface area contributed by atoms with Gasteiger partial charge >= 0.3 is 0 Å². The first kappa shape index (κ1) is 43.4. The molecule has 63 heavy (non-hydrogen) atoms. The van der Waals surface area contributed by atoms with Gasteiger partial charge in [0.05, 0.1) is 28.0 Å². The lowest BCUT2D eigenvalue weighted by Gasteiger charge is -2.27. The number of fused-ring (bicyclic) bond motifs is 1. The first-order valence-corrected chi connectivity index (χ1v) is 22.4. The third-order valence-corrected chi connectivity index (χ3v) is 12.4. The standard InChI is InChI=1S/C59H63N3O/c1-37-22-27-51(47(30-37)39-18-15-14-16-19-39)62-52-21-17-20-46(53(52)61-55(62)48-35-45(58(8,9)10)36-49(54(48)63)59(11,12)13)41-31-42(33-44(32-41)57(5,6)7)50-34-40(28-29-60-50)38-23-25-43(26-24-38)56(2,3)4/h14-36,63H,1-13H3. The molecule has 4 heteroatoms. The van der Waals surface area contributed by atoms with E-state index < -0.39 is 0 Å². The van der Waals surface area contributed by atoms with Crippen LogP contribution in [-0.4, -0.2) is 19.6 Å². The molecule has 8 rings (SSSR count). The predicted molar refractivity (Wildman–Crippen MR) is 267 cm³/mol. The van der Waals surface area contributed by atoms with E-state index in [1.807, 2.05) is 6.20 Å². The average Bonchev–Trinajstić information content (AvgIpc) is 3.62. The van der Waals surface area contributed by atoms with E-state index >= 15 is 0 Å². The summed E-state index contributed by atoms with van der Waals surface area (Å²) in [4.78, 5) is 10.6. The lowest BCUT2D eigenvalue weighted by molar-refractivity contribution is 0.446. The fourth-order valence-electron chi connectivity index (χ4n) is 8.55. The van der Waals surface area contributed by atoms with Crippen molar-refractivity contribution in [2.24, 2.45) is 0 Å². The summed E-state index contributed by atoms with van der Waals surface area (Å²) < 4.78 is 2.28. The number of aromatic nitrogens is 3. The van der Waals surface area contributed by atoms with Crippen molar-refractivity contribution in [2.45, 2.75) is 112 Å². The van der Waals surface area contributed by atoms with Crippen LogP contribution in [0.2, 0.25) is 0 Å². The largest absolute Gasteiger partial charge is 0.507 e. The number of imidazole rings is 1. The SMILES string of the molecule is Cc1ccc(-n2c(-c3cc(C(C)(C)C)cc(C(C)(C)C)c3O)nc3c(-c4cc(-c5cc(-c6ccc(C(C)(C)C)cc6)ccn5)cc(C(C)(C)C)c4)cccc32)c(-c2ccccc2)c1. The Labute approximate surface area is 375 Å². The van der Waals surface area contributed by atoms with Crippen LogP contribution >= 0.6 is 0 Å². The number of phenolic OH excluding ortho intramolecular Hbond substituents is 1. The molecule has 6 aromatic carbocycles. The number of nitrogens with zero attached hydrogens (tertiary/aromatic N) is 3. The van der Waals surface area contributed by atoms with Gasteiger partial charge in [-0.25, -0.2) is 4.98 Å². The summed E-state index contributed by atoms with van der Waals surface area (Å²) in [6, 6.07) is 48.2. The summed E-state index contributed by atoms with van der Waals surface area (Å²) in [6.45, 7) is 28.9. The molecule has 0 bridgehead atoms. The van der Waals surface area contributed by atoms with E-state index in [-0.39, 0.29) is 27.4 Å². The summed E-state index contributed by atoms with van der Waals surface area (Å²) in [5.74, 6) is 0.963. The summed E-state index contributed by atoms with van der Waals surface area (Å²) >= 11 is 0. The van der Waals surface area contributed by atoms with E-state index in [0.29, 0.717) is 5.82 Å². The number of para-hydroxylation sites is 1. The van der Waals surface area contributed by atoms with Crippen LogP contribution in [0.15, 0.2) is 140 Å². The van der Waals surface area contributed by atoms with Gasteiger partial charge in [0.25, 0.3) is 0 Å². The maximum Gasteiger partial charge on any atom is 0.149 e. The normalized spacial score (nSPS) is 12.6. The number of hydrogen-bond donors (Lipinski definition) is 1. The first-order chi connectivity index (χ1) is 29.6. The van der Waals surface area contributed by atoms with E-state index in [0.717, 1.165) is 72.5 Å². The zero-order valence-corrected chi connectivity index (χ0v) is 39.6. The van der Waals surface area contributed by atoms with Gasteiger partial charge in [-0.15, -0.1) is 0 Å². The van der Waals surface area contributed by atoms with Crippen LogP contribution in [0.25, 0.3) is 72.7 Å². The Morgan fingerprint density at radius 3 is 1.76 bits per heavy atom. The molecule has 0 saturated heterocycles. The first-order valence-electron chi connectivity index (χ1n) is 22.4. The molecule has 0 aliphatic carbocycles. The number of aromatic hydroxyl groups is 1. The van der Waals surface area contributed by atoms with Gasteiger partial charge in [-0.2, -0.15) is 0 Å². The van der Waals surface area contributed by atoms with E-state index in [1.54, 1.807) is 0 Å². The maximum absolute atomic E-state index is 12.5. The van der Waals surface area contributed by atoms with Crippen LogP contribution in [0.1, 0.15) is 111 Å². The Morgan fingerprint density at radius 1 is 0.460 bits per heavy atom. The third kappa shape index (κ3) is 8.61. The van der Waals surface area contributed by atoms with Gasteiger partial charge in [-0.1, -0.05) is 174 Å². The Bertz CT molecular complexity index is 2980. The summed E-state index contributed by atoms with van der Waals surface area (Å²) in [5.41, 5.74) is 17.3. The molecule has 0 saturated carbocycles. The lowest BCUT2D eigenvalue weighted by Crippen LogP contribution is -2.17. The number of phenols is 1. The topological polar surface area (TPSA) is 50.9 Å². The van der Waals surface area contributed by atoms with Gasteiger partial charge in [0.2, 0.25) is 0 Å². The number of aryl methyl sites for hydroxylation is 1. The van der Waals surface area contributed by atoms with Crippen LogP contribution in [0.4, 0.5) is 0 Å². The number of benzene rings is 6. The smallest absolute Gasteiger partial charge is 0.149 e. The Balaban J connectivity index is 1.41. The highest BCUT2D eigenvalue weighted by atomic mass is 16.3. The monoisotopic (exact) mass is 829 g/mol. The summed E-state index contributed by atoms with van der Waals surface area (Å²) in [5, 5.41) is 12.5.